The number of ether oxygens (including phenoxy) is 1. The number of nitrogens with one attached hydrogen (secondary N) is 1. The fourth-order valence-corrected chi connectivity index (χ4v) is 3.08. The van der Waals surface area contributed by atoms with Gasteiger partial charge in [-0.2, -0.15) is 0 Å². The van der Waals surface area contributed by atoms with Gasteiger partial charge in [-0.15, -0.1) is 11.3 Å². The molecule has 1 aromatic carbocycles. The normalized spacial score (nSPS) is 11.8. The maximum Gasteiger partial charge on any atom is 0.250 e. The molecule has 108 valence electrons. The fourth-order valence-electron chi connectivity index (χ4n) is 1.55. The second kappa shape index (κ2) is 6.11. The van der Waals surface area contributed by atoms with Crippen LogP contribution in [0.25, 0.3) is 10.2 Å². The third-order valence-corrected chi connectivity index (χ3v) is 4.47. The average molecular weight is 310 g/mol. The van der Waals surface area contributed by atoms with E-state index in [0.29, 0.717) is 0 Å². The Bertz CT molecular complexity index is 617. The minimum atomic E-state index is -0.313. The average Bonchev–Trinajstić information content (AvgIpc) is 2.78. The number of nitrogens with zero attached hydrogens (tertiary/aromatic N) is 1. The van der Waals surface area contributed by atoms with Crippen molar-refractivity contribution in [3.05, 3.63) is 18.2 Å². The van der Waals surface area contributed by atoms with E-state index < -0.39 is 0 Å². The maximum absolute atomic E-state index is 11.8. The highest BCUT2D eigenvalue weighted by molar-refractivity contribution is 8.00. The van der Waals surface area contributed by atoms with E-state index in [9.17, 15) is 4.79 Å². The first-order chi connectivity index (χ1) is 9.37. The minimum absolute atomic E-state index is 0.0558. The zero-order chi connectivity index (χ0) is 14.8. The molecule has 0 aliphatic heterocycles. The van der Waals surface area contributed by atoms with Crippen LogP contribution in [0.1, 0.15) is 20.8 Å². The monoisotopic (exact) mass is 310 g/mol. The quantitative estimate of drug-likeness (QED) is 0.873. The molecule has 4 nitrogen and oxygen atoms in total. The molecule has 2 aromatic rings. The van der Waals surface area contributed by atoms with Gasteiger partial charge in [-0.25, -0.2) is 4.98 Å². The number of hydrogen-bond donors (Lipinski definition) is 1. The lowest BCUT2D eigenvalue weighted by Crippen LogP contribution is -2.27. The van der Waals surface area contributed by atoms with E-state index in [0.717, 1.165) is 20.2 Å². The summed E-state index contributed by atoms with van der Waals surface area (Å²) in [6.07, 6.45) is 2.00. The molecule has 0 atom stereocenters. The van der Waals surface area contributed by atoms with Gasteiger partial charge >= 0.3 is 0 Å². The van der Waals surface area contributed by atoms with Crippen molar-refractivity contribution in [2.24, 2.45) is 0 Å². The van der Waals surface area contributed by atoms with Crippen molar-refractivity contribution in [2.75, 3.05) is 18.2 Å². The number of hydrogen-bond acceptors (Lipinski definition) is 5. The van der Waals surface area contributed by atoms with Crippen LogP contribution in [0, 0.1) is 0 Å². The van der Waals surface area contributed by atoms with Gasteiger partial charge in [0.25, 0.3) is 0 Å². The molecule has 0 radical (unpaired) electrons. The van der Waals surface area contributed by atoms with Crippen LogP contribution in [0.15, 0.2) is 22.5 Å². The van der Waals surface area contributed by atoms with Gasteiger partial charge in [0.1, 0.15) is 6.61 Å². The van der Waals surface area contributed by atoms with Gasteiger partial charge in [-0.1, -0.05) is 11.8 Å². The van der Waals surface area contributed by atoms with E-state index in [1.165, 1.54) is 0 Å². The molecule has 0 saturated carbocycles. The van der Waals surface area contributed by atoms with Crippen LogP contribution >= 0.6 is 23.1 Å². The predicted octanol–water partition coefficient (Wildman–Crippen LogP) is 3.77. The van der Waals surface area contributed by atoms with E-state index in [-0.39, 0.29) is 18.1 Å². The van der Waals surface area contributed by atoms with Crippen molar-refractivity contribution in [3.8, 4) is 0 Å². The van der Waals surface area contributed by atoms with Gasteiger partial charge in [-0.3, -0.25) is 4.79 Å². The smallest absolute Gasteiger partial charge is 0.250 e. The van der Waals surface area contributed by atoms with E-state index in [4.69, 9.17) is 4.74 Å². The van der Waals surface area contributed by atoms with E-state index in [2.05, 4.69) is 10.3 Å². The molecule has 20 heavy (non-hydrogen) atoms. The minimum Gasteiger partial charge on any atom is -0.366 e. The molecular formula is C14H18N2O2S2. The molecule has 0 spiro atoms. The summed E-state index contributed by atoms with van der Waals surface area (Å²) in [4.78, 5) is 16.3. The third-order valence-electron chi connectivity index (χ3n) is 2.46. The van der Waals surface area contributed by atoms with Gasteiger partial charge in [0.15, 0.2) is 4.34 Å². The summed E-state index contributed by atoms with van der Waals surface area (Å²) in [7, 11) is 0. The molecule has 6 heteroatoms. The first-order valence-corrected chi connectivity index (χ1v) is 8.30. The van der Waals surface area contributed by atoms with Gasteiger partial charge in [0, 0.05) is 5.69 Å². The number of rotatable bonds is 4. The first kappa shape index (κ1) is 15.3. The Morgan fingerprint density at radius 3 is 2.85 bits per heavy atom. The Hall–Kier alpha value is -1.11. The molecule has 0 aliphatic rings. The number of benzene rings is 1. The summed E-state index contributed by atoms with van der Waals surface area (Å²) >= 11 is 3.25. The molecule has 0 fully saturated rings. The predicted molar refractivity (Wildman–Crippen MR) is 85.7 cm³/mol. The molecule has 0 bridgehead atoms. The van der Waals surface area contributed by atoms with E-state index >= 15 is 0 Å². The van der Waals surface area contributed by atoms with Crippen LogP contribution in [-0.4, -0.2) is 29.4 Å². The van der Waals surface area contributed by atoms with Crippen molar-refractivity contribution in [3.63, 3.8) is 0 Å². The van der Waals surface area contributed by atoms with E-state index in [1.54, 1.807) is 23.1 Å². The molecular weight excluding hydrogens is 292 g/mol. The molecule has 1 N–H and O–H groups in total. The Morgan fingerprint density at radius 2 is 2.20 bits per heavy atom. The molecule has 0 unspecified atom stereocenters. The zero-order valence-electron chi connectivity index (χ0n) is 12.0. The Morgan fingerprint density at radius 1 is 1.45 bits per heavy atom. The standard InChI is InChI=1S/C14H18N2O2S2/c1-14(2,3)18-8-12(17)15-9-5-6-10-11(7-9)20-13(16-10)19-4/h5-7H,8H2,1-4H3,(H,15,17). The summed E-state index contributed by atoms with van der Waals surface area (Å²) in [6, 6.07) is 5.73. The largest absolute Gasteiger partial charge is 0.366 e. The van der Waals surface area contributed by atoms with Gasteiger partial charge in [0.2, 0.25) is 5.91 Å². The van der Waals surface area contributed by atoms with Gasteiger partial charge in [-0.05, 0) is 45.2 Å². The van der Waals surface area contributed by atoms with Crippen molar-refractivity contribution >= 4 is 44.9 Å². The van der Waals surface area contributed by atoms with Gasteiger partial charge < -0.3 is 10.1 Å². The van der Waals surface area contributed by atoms with Crippen molar-refractivity contribution in [1.82, 2.24) is 4.98 Å². The molecule has 0 aliphatic carbocycles. The van der Waals surface area contributed by atoms with Crippen LogP contribution < -0.4 is 5.32 Å². The Kier molecular flexibility index (Phi) is 4.67. The lowest BCUT2D eigenvalue weighted by Gasteiger charge is -2.18. The number of carbonyl (C=O) groups is 1. The highest BCUT2D eigenvalue weighted by atomic mass is 32.2. The highest BCUT2D eigenvalue weighted by Gasteiger charge is 2.13. The summed E-state index contributed by atoms with van der Waals surface area (Å²) in [5.74, 6) is -0.145. The SMILES string of the molecule is CSc1nc2ccc(NC(=O)COC(C)(C)C)cc2s1. The van der Waals surface area contributed by atoms with Crippen LogP contribution in [0.5, 0.6) is 0 Å². The number of amides is 1. The number of fused-ring (bicyclic) bond motifs is 1. The lowest BCUT2D eigenvalue weighted by molar-refractivity contribution is -0.125. The lowest BCUT2D eigenvalue weighted by atomic mass is 10.2. The third kappa shape index (κ3) is 4.19. The topological polar surface area (TPSA) is 51.2 Å². The number of anilines is 1. The number of aromatic nitrogens is 1. The summed E-state index contributed by atoms with van der Waals surface area (Å²) in [5.41, 5.74) is 1.42. The number of carbonyl (C=O) groups excluding carboxylic acids is 1. The van der Waals surface area contributed by atoms with Crippen molar-refractivity contribution in [2.45, 2.75) is 30.7 Å². The van der Waals surface area contributed by atoms with Crippen molar-refractivity contribution < 1.29 is 9.53 Å². The maximum atomic E-state index is 11.8. The van der Waals surface area contributed by atoms with Crippen LogP contribution in [0.4, 0.5) is 5.69 Å². The fraction of sp³-hybridized carbons (Fsp3) is 0.429. The Balaban J connectivity index is 2.04. The molecule has 1 amide bonds. The van der Waals surface area contributed by atoms with E-state index in [1.807, 2.05) is 45.2 Å². The first-order valence-electron chi connectivity index (χ1n) is 6.26. The summed E-state index contributed by atoms with van der Waals surface area (Å²) < 4.78 is 7.55. The van der Waals surface area contributed by atoms with Crippen LogP contribution in [0.2, 0.25) is 0 Å². The number of thiazole rings is 1. The molecule has 1 aromatic heterocycles. The van der Waals surface area contributed by atoms with Crippen LogP contribution in [-0.2, 0) is 9.53 Å². The van der Waals surface area contributed by atoms with Gasteiger partial charge in [0.05, 0.1) is 15.8 Å². The summed E-state index contributed by atoms with van der Waals surface area (Å²) in [5, 5.41) is 2.84. The Labute approximate surface area is 126 Å². The number of thioether (sulfide) groups is 1. The zero-order valence-corrected chi connectivity index (χ0v) is 13.7. The molecule has 0 saturated heterocycles. The van der Waals surface area contributed by atoms with Crippen molar-refractivity contribution in [1.29, 1.82) is 0 Å². The molecule has 2 rings (SSSR count). The molecule has 1 heterocycles. The second-order valence-corrected chi connectivity index (χ2v) is 7.40. The second-order valence-electron chi connectivity index (χ2n) is 5.32. The summed E-state index contributed by atoms with van der Waals surface area (Å²) in [6.45, 7) is 5.83. The highest BCUT2D eigenvalue weighted by Crippen LogP contribution is 2.29. The van der Waals surface area contributed by atoms with Crippen LogP contribution in [0.3, 0.4) is 0 Å².